The zero-order valence-electron chi connectivity index (χ0n) is 17.5. The molecule has 0 saturated heterocycles. The number of nitrogens with zero attached hydrogens (tertiary/aromatic N) is 4. The van der Waals surface area contributed by atoms with E-state index in [4.69, 9.17) is 9.15 Å². The molecule has 1 atom stereocenters. The summed E-state index contributed by atoms with van der Waals surface area (Å²) < 4.78 is 11.4. The second kappa shape index (κ2) is 9.77. The third-order valence-electron chi connectivity index (χ3n) is 4.91. The highest BCUT2D eigenvalue weighted by Gasteiger charge is 2.34. The number of carbonyl (C=O) groups is 1. The van der Waals surface area contributed by atoms with Gasteiger partial charge in [-0.2, -0.15) is 5.10 Å². The number of carbonyl (C=O) groups excluding carboxylic acids is 1. The van der Waals surface area contributed by atoms with Gasteiger partial charge in [-0.25, -0.2) is 5.01 Å². The quantitative estimate of drug-likeness (QED) is 0.325. The molecular weight excluding hydrogens is 478 g/mol. The van der Waals surface area contributed by atoms with Gasteiger partial charge in [-0.1, -0.05) is 29.2 Å². The molecule has 168 valence electrons. The number of methoxy groups -OCH3 is 1. The van der Waals surface area contributed by atoms with Gasteiger partial charge in [-0.3, -0.25) is 4.79 Å². The van der Waals surface area contributed by atoms with Crippen LogP contribution in [0.15, 0.2) is 74.0 Å². The summed E-state index contributed by atoms with van der Waals surface area (Å²) in [7, 11) is 1.63. The van der Waals surface area contributed by atoms with Crippen LogP contribution in [0, 0.1) is 0 Å². The SMILES string of the molecule is COc1ccc(Nc2nnc(SCC(=O)N3N=C(c4ccco4)C[C@@H]3c3cccs3)s2)cc1. The summed E-state index contributed by atoms with van der Waals surface area (Å²) in [6, 6.07) is 15.1. The molecule has 1 amide bonds. The summed E-state index contributed by atoms with van der Waals surface area (Å²) in [5, 5.41) is 20.4. The van der Waals surface area contributed by atoms with Gasteiger partial charge >= 0.3 is 0 Å². The van der Waals surface area contributed by atoms with Crippen molar-refractivity contribution in [2.75, 3.05) is 18.2 Å². The van der Waals surface area contributed by atoms with Crippen molar-refractivity contribution in [1.29, 1.82) is 0 Å². The molecule has 0 radical (unpaired) electrons. The molecule has 4 aromatic rings. The zero-order chi connectivity index (χ0) is 22.6. The molecule has 1 aliphatic heterocycles. The number of ether oxygens (including phenoxy) is 1. The summed E-state index contributed by atoms with van der Waals surface area (Å²) in [4.78, 5) is 14.2. The van der Waals surface area contributed by atoms with Crippen LogP contribution in [0.25, 0.3) is 0 Å². The van der Waals surface area contributed by atoms with E-state index in [2.05, 4.69) is 20.6 Å². The number of nitrogens with one attached hydrogen (secondary N) is 1. The standard InChI is InChI=1S/C22H19N5O3S3/c1-29-15-8-6-14(7-9-15)23-21-24-25-22(33-21)32-13-20(28)27-17(19-5-3-11-31-19)12-16(26-27)18-4-2-10-30-18/h2-11,17H,12-13H2,1H3,(H,23,24)/t17-/m1/s1. The highest BCUT2D eigenvalue weighted by molar-refractivity contribution is 8.01. The van der Waals surface area contributed by atoms with Gasteiger partial charge in [0.15, 0.2) is 4.34 Å². The van der Waals surface area contributed by atoms with Gasteiger partial charge in [0.2, 0.25) is 5.13 Å². The fraction of sp³-hybridized carbons (Fsp3) is 0.182. The lowest BCUT2D eigenvalue weighted by atomic mass is 10.1. The lowest BCUT2D eigenvalue weighted by Crippen LogP contribution is -2.28. The van der Waals surface area contributed by atoms with E-state index in [1.165, 1.54) is 23.1 Å². The van der Waals surface area contributed by atoms with Gasteiger partial charge in [-0.15, -0.1) is 21.5 Å². The van der Waals surface area contributed by atoms with E-state index in [0.717, 1.165) is 22.0 Å². The number of rotatable bonds is 8. The monoisotopic (exact) mass is 497 g/mol. The molecule has 5 rings (SSSR count). The van der Waals surface area contributed by atoms with Crippen LogP contribution < -0.4 is 10.1 Å². The first-order chi connectivity index (χ1) is 16.2. The predicted molar refractivity (Wildman–Crippen MR) is 131 cm³/mol. The Kier molecular flexibility index (Phi) is 6.42. The second-order valence-electron chi connectivity index (χ2n) is 7.01. The number of hydrogen-bond donors (Lipinski definition) is 1. The summed E-state index contributed by atoms with van der Waals surface area (Å²) in [6.45, 7) is 0. The number of anilines is 2. The Bertz CT molecular complexity index is 1240. The van der Waals surface area contributed by atoms with E-state index in [1.807, 2.05) is 53.9 Å². The Hall–Kier alpha value is -3.15. The molecule has 0 unspecified atom stereocenters. The molecular formula is C22H19N5O3S3. The highest BCUT2D eigenvalue weighted by Crippen LogP contribution is 2.36. The van der Waals surface area contributed by atoms with Crippen LogP contribution in [-0.2, 0) is 4.79 Å². The van der Waals surface area contributed by atoms with E-state index in [0.29, 0.717) is 21.7 Å². The highest BCUT2D eigenvalue weighted by atomic mass is 32.2. The first kappa shape index (κ1) is 21.7. The van der Waals surface area contributed by atoms with Gasteiger partial charge in [0.1, 0.15) is 17.2 Å². The molecule has 0 saturated carbocycles. The summed E-state index contributed by atoms with van der Waals surface area (Å²) in [6.07, 6.45) is 2.24. The van der Waals surface area contributed by atoms with Crippen LogP contribution in [0.3, 0.4) is 0 Å². The molecule has 1 N–H and O–H groups in total. The molecule has 1 aliphatic rings. The molecule has 8 nitrogen and oxygen atoms in total. The Labute approximate surface area is 202 Å². The number of hydrazone groups is 1. The normalized spacial score (nSPS) is 15.5. The maximum atomic E-state index is 13.1. The minimum atomic E-state index is -0.125. The van der Waals surface area contributed by atoms with Gasteiger partial charge < -0.3 is 14.5 Å². The molecule has 0 fully saturated rings. The smallest absolute Gasteiger partial charge is 0.253 e. The molecule has 0 bridgehead atoms. The predicted octanol–water partition coefficient (Wildman–Crippen LogP) is 5.41. The summed E-state index contributed by atoms with van der Waals surface area (Å²) >= 11 is 4.37. The average molecular weight is 498 g/mol. The number of benzene rings is 1. The van der Waals surface area contributed by atoms with Crippen molar-refractivity contribution in [3.63, 3.8) is 0 Å². The second-order valence-corrected chi connectivity index (χ2v) is 10.2. The van der Waals surface area contributed by atoms with E-state index in [1.54, 1.807) is 29.7 Å². The van der Waals surface area contributed by atoms with Crippen molar-refractivity contribution >= 4 is 56.9 Å². The third kappa shape index (κ3) is 4.95. The number of amides is 1. The largest absolute Gasteiger partial charge is 0.497 e. The fourth-order valence-electron chi connectivity index (χ4n) is 3.34. The minimum Gasteiger partial charge on any atom is -0.497 e. The van der Waals surface area contributed by atoms with Crippen LogP contribution in [0.5, 0.6) is 5.75 Å². The summed E-state index contributed by atoms with van der Waals surface area (Å²) in [5.74, 6) is 1.61. The molecule has 33 heavy (non-hydrogen) atoms. The first-order valence-corrected chi connectivity index (χ1v) is 12.7. The lowest BCUT2D eigenvalue weighted by Gasteiger charge is -2.20. The van der Waals surface area contributed by atoms with Gasteiger partial charge in [-0.05, 0) is 47.8 Å². The van der Waals surface area contributed by atoms with Crippen molar-refractivity contribution in [1.82, 2.24) is 15.2 Å². The molecule has 11 heteroatoms. The Balaban J connectivity index is 1.24. The van der Waals surface area contributed by atoms with Crippen LogP contribution in [0.4, 0.5) is 10.8 Å². The Morgan fingerprint density at radius 1 is 1.24 bits per heavy atom. The van der Waals surface area contributed by atoms with E-state index < -0.39 is 0 Å². The third-order valence-corrected chi connectivity index (χ3v) is 7.84. The van der Waals surface area contributed by atoms with Crippen molar-refractivity contribution in [2.45, 2.75) is 16.8 Å². The van der Waals surface area contributed by atoms with E-state index >= 15 is 0 Å². The number of hydrogen-bond acceptors (Lipinski definition) is 10. The maximum absolute atomic E-state index is 13.1. The van der Waals surface area contributed by atoms with Gasteiger partial charge in [0.05, 0.1) is 25.2 Å². The first-order valence-electron chi connectivity index (χ1n) is 10.0. The van der Waals surface area contributed by atoms with Crippen molar-refractivity contribution in [2.24, 2.45) is 5.10 Å². The zero-order valence-corrected chi connectivity index (χ0v) is 20.0. The van der Waals surface area contributed by atoms with Gasteiger partial charge in [0, 0.05) is 17.0 Å². The molecule has 3 aromatic heterocycles. The van der Waals surface area contributed by atoms with E-state index in [9.17, 15) is 4.79 Å². The number of thiophene rings is 1. The number of aromatic nitrogens is 2. The van der Waals surface area contributed by atoms with Crippen molar-refractivity contribution < 1.29 is 13.9 Å². The molecule has 1 aromatic carbocycles. The van der Waals surface area contributed by atoms with Crippen molar-refractivity contribution in [3.8, 4) is 5.75 Å². The number of thioether (sulfide) groups is 1. The number of furan rings is 1. The minimum absolute atomic E-state index is 0.0835. The molecule has 0 aliphatic carbocycles. The lowest BCUT2D eigenvalue weighted by molar-refractivity contribution is -0.130. The fourth-order valence-corrected chi connectivity index (χ4v) is 5.78. The summed E-state index contributed by atoms with van der Waals surface area (Å²) in [5.41, 5.74) is 1.66. The topological polar surface area (TPSA) is 92.8 Å². The Morgan fingerprint density at radius 3 is 2.85 bits per heavy atom. The van der Waals surface area contributed by atoms with Crippen LogP contribution in [0.1, 0.15) is 23.1 Å². The van der Waals surface area contributed by atoms with Crippen LogP contribution in [0.2, 0.25) is 0 Å². The van der Waals surface area contributed by atoms with Crippen LogP contribution >= 0.6 is 34.4 Å². The molecule has 4 heterocycles. The van der Waals surface area contributed by atoms with E-state index in [-0.39, 0.29) is 17.7 Å². The van der Waals surface area contributed by atoms with Gasteiger partial charge in [0.25, 0.3) is 5.91 Å². The van der Waals surface area contributed by atoms with Crippen LogP contribution in [-0.4, -0.2) is 39.7 Å². The Morgan fingerprint density at radius 2 is 2.12 bits per heavy atom. The molecule has 0 spiro atoms. The maximum Gasteiger partial charge on any atom is 0.253 e. The van der Waals surface area contributed by atoms with Crippen molar-refractivity contribution in [3.05, 3.63) is 70.8 Å². The average Bonchev–Trinajstić information content (AvgIpc) is 3.63.